The van der Waals surface area contributed by atoms with Gasteiger partial charge in [-0.2, -0.15) is 0 Å². The topological polar surface area (TPSA) is 178 Å². The number of aliphatic hydroxyl groups is 5. The van der Waals surface area contributed by atoms with Gasteiger partial charge in [0.15, 0.2) is 17.9 Å². The highest BCUT2D eigenvalue weighted by atomic mass is 19.2. The third kappa shape index (κ3) is 15.0. The minimum absolute atomic E-state index is 0.0247. The van der Waals surface area contributed by atoms with Crippen LogP contribution in [0.25, 0.3) is 0 Å². The molecule has 0 aliphatic carbocycles. The van der Waals surface area contributed by atoms with Gasteiger partial charge in [-0.25, -0.2) is 8.78 Å². The van der Waals surface area contributed by atoms with E-state index in [2.05, 4.69) is 31.4 Å². The molecule has 3 rings (SSSR count). The maximum absolute atomic E-state index is 13.3. The van der Waals surface area contributed by atoms with Crippen LogP contribution < -0.4 is 10.6 Å². The van der Waals surface area contributed by atoms with Crippen molar-refractivity contribution in [2.24, 2.45) is 0 Å². The van der Waals surface area contributed by atoms with Crippen LogP contribution in [0.5, 0.6) is 0 Å². The monoisotopic (exact) mass is 750 g/mol. The van der Waals surface area contributed by atoms with Crippen molar-refractivity contribution in [3.8, 4) is 0 Å². The lowest BCUT2D eigenvalue weighted by Gasteiger charge is -2.41. The molecule has 7 N–H and O–H groups in total. The van der Waals surface area contributed by atoms with Gasteiger partial charge in [-0.1, -0.05) is 89.6 Å². The maximum atomic E-state index is 13.3. The Bertz CT molecular complexity index is 1410. The lowest BCUT2D eigenvalue weighted by atomic mass is 9.86. The Labute approximate surface area is 312 Å². The number of aliphatic hydroxyl groups excluding tert-OH is 5. The third-order valence-electron chi connectivity index (χ3n) is 9.65. The van der Waals surface area contributed by atoms with E-state index in [9.17, 15) is 43.9 Å². The van der Waals surface area contributed by atoms with E-state index in [1.807, 2.05) is 24.3 Å². The van der Waals surface area contributed by atoms with Crippen molar-refractivity contribution < 1.29 is 53.4 Å². The first-order valence-electron chi connectivity index (χ1n) is 18.8. The predicted octanol–water partition coefficient (Wildman–Crippen LogP) is 3.73. The van der Waals surface area contributed by atoms with Gasteiger partial charge in [-0.3, -0.25) is 9.59 Å². The number of nitrogens with one attached hydrogen (secondary N) is 2. The molecule has 11 nitrogen and oxygen atoms in total. The molecule has 8 atom stereocenters. The Kier molecular flexibility index (Phi) is 18.2. The molecule has 53 heavy (non-hydrogen) atoms. The van der Waals surface area contributed by atoms with E-state index in [0.717, 1.165) is 67.7 Å². The van der Waals surface area contributed by atoms with Gasteiger partial charge >= 0.3 is 0 Å². The summed E-state index contributed by atoms with van der Waals surface area (Å²) in [5.74, 6) is -2.35. The third-order valence-corrected chi connectivity index (χ3v) is 9.65. The number of ether oxygens (including phenoxy) is 2. The predicted molar refractivity (Wildman–Crippen MR) is 196 cm³/mol. The molecule has 0 spiro atoms. The number of unbranched alkanes of at least 4 members (excludes halogenated alkanes) is 7. The van der Waals surface area contributed by atoms with Crippen molar-refractivity contribution in [2.75, 3.05) is 13.2 Å². The lowest BCUT2D eigenvalue weighted by molar-refractivity contribution is -0.297. The van der Waals surface area contributed by atoms with Gasteiger partial charge in [0.25, 0.3) is 0 Å². The van der Waals surface area contributed by atoms with Crippen LogP contribution in [0.2, 0.25) is 0 Å². The zero-order valence-corrected chi connectivity index (χ0v) is 31.5. The smallest absolute Gasteiger partial charge is 0.224 e. The molecule has 1 saturated heterocycles. The number of hydrogen-bond donors (Lipinski definition) is 7. The summed E-state index contributed by atoms with van der Waals surface area (Å²) in [6.07, 6.45) is -1.79. The van der Waals surface area contributed by atoms with Gasteiger partial charge in [0.1, 0.15) is 30.5 Å². The summed E-state index contributed by atoms with van der Waals surface area (Å²) in [7, 11) is 0. The van der Waals surface area contributed by atoms with Crippen molar-refractivity contribution in [1.82, 2.24) is 10.6 Å². The fourth-order valence-electron chi connectivity index (χ4n) is 6.22. The molecule has 2 aromatic carbocycles. The van der Waals surface area contributed by atoms with Gasteiger partial charge in [-0.05, 0) is 60.4 Å². The fourth-order valence-corrected chi connectivity index (χ4v) is 6.22. The molecule has 3 unspecified atom stereocenters. The number of benzene rings is 2. The quantitative estimate of drug-likeness (QED) is 0.0938. The van der Waals surface area contributed by atoms with E-state index in [1.54, 1.807) is 6.07 Å². The highest BCUT2D eigenvalue weighted by molar-refractivity contribution is 5.78. The second-order valence-electron chi connectivity index (χ2n) is 15.3. The van der Waals surface area contributed by atoms with Crippen LogP contribution in [0.15, 0.2) is 42.5 Å². The molecule has 2 aromatic rings. The molecular weight excluding hydrogens is 690 g/mol. The van der Waals surface area contributed by atoms with Crippen molar-refractivity contribution in [1.29, 1.82) is 0 Å². The number of amides is 2. The minimum Gasteiger partial charge on any atom is -0.391 e. The van der Waals surface area contributed by atoms with Gasteiger partial charge in [0, 0.05) is 13.0 Å². The molecule has 0 saturated carbocycles. The summed E-state index contributed by atoms with van der Waals surface area (Å²) in [6.45, 7) is 7.08. The first kappa shape index (κ1) is 44.4. The highest BCUT2D eigenvalue weighted by Gasteiger charge is 2.45. The van der Waals surface area contributed by atoms with E-state index >= 15 is 0 Å². The average Bonchev–Trinajstić information content (AvgIpc) is 3.11. The zero-order valence-electron chi connectivity index (χ0n) is 31.5. The molecular formula is C40H60F2N2O9. The normalized spacial score (nSPS) is 22.2. The second kappa shape index (κ2) is 21.7. The summed E-state index contributed by atoms with van der Waals surface area (Å²) in [4.78, 5) is 25.4. The van der Waals surface area contributed by atoms with Crippen LogP contribution in [-0.4, -0.2) is 99.5 Å². The molecule has 1 heterocycles. The Morgan fingerprint density at radius 3 is 2.02 bits per heavy atom. The Morgan fingerprint density at radius 2 is 1.42 bits per heavy atom. The van der Waals surface area contributed by atoms with Crippen LogP contribution in [-0.2, 0) is 37.3 Å². The molecule has 1 aliphatic rings. The molecule has 0 radical (unpaired) electrons. The summed E-state index contributed by atoms with van der Waals surface area (Å²) < 4.78 is 37.8. The van der Waals surface area contributed by atoms with Crippen molar-refractivity contribution >= 4 is 11.8 Å². The number of aryl methyl sites for hydroxylation is 1. The standard InChI is InChI=1S/C40H60F2N2O9/c1-25(45)35(48)31(44-33(46)14-12-10-8-6-5-7-9-11-13-26-17-20-29(41)30(42)21-26)24-52-39-38(51)37(50)36(49)32(53-39)23-43-34(47)22-27-15-18-28(19-16-27)40(2,3)4/h15-21,25,31-32,35-39,45,48-51H,5-14,22-24H2,1-4H3,(H,43,47)(H,44,46)/t25-,31+,32?,35-,36+,37?,38?,39+/m1/s1. The van der Waals surface area contributed by atoms with E-state index in [0.29, 0.717) is 12.8 Å². The van der Waals surface area contributed by atoms with Gasteiger partial charge in [0.05, 0.1) is 25.2 Å². The Hall–Kier alpha value is -3.04. The first-order chi connectivity index (χ1) is 25.1. The number of carbonyl (C=O) groups excluding carboxylic acids is 2. The van der Waals surface area contributed by atoms with Crippen LogP contribution in [0.3, 0.4) is 0 Å². The minimum atomic E-state index is -1.67. The zero-order chi connectivity index (χ0) is 39.1. The molecule has 1 fully saturated rings. The highest BCUT2D eigenvalue weighted by Crippen LogP contribution is 2.24. The summed E-state index contributed by atoms with van der Waals surface area (Å²) in [6, 6.07) is 10.6. The second-order valence-corrected chi connectivity index (χ2v) is 15.3. The van der Waals surface area contributed by atoms with E-state index < -0.39 is 60.6 Å². The molecule has 1 aliphatic heterocycles. The van der Waals surface area contributed by atoms with Crippen LogP contribution in [0, 0.1) is 11.6 Å². The first-order valence-corrected chi connectivity index (χ1v) is 18.8. The molecule has 13 heteroatoms. The number of hydrogen-bond acceptors (Lipinski definition) is 9. The summed E-state index contributed by atoms with van der Waals surface area (Å²) in [5, 5.41) is 57.6. The fraction of sp³-hybridized carbons (Fsp3) is 0.650. The van der Waals surface area contributed by atoms with Crippen molar-refractivity contribution in [3.63, 3.8) is 0 Å². The SMILES string of the molecule is C[C@@H](O)[C@@H](O)[C@H](CO[C@H]1OC(CNC(=O)Cc2ccc(C(C)(C)C)cc2)[C@H](O)C(O)C1O)NC(=O)CCCCCCCCCCc1ccc(F)c(F)c1. The lowest BCUT2D eigenvalue weighted by Crippen LogP contribution is -2.61. The maximum Gasteiger partial charge on any atom is 0.224 e. The van der Waals surface area contributed by atoms with Gasteiger partial charge in [-0.15, -0.1) is 0 Å². The number of halogens is 2. The Morgan fingerprint density at radius 1 is 0.811 bits per heavy atom. The van der Waals surface area contributed by atoms with Crippen molar-refractivity contribution in [3.05, 3.63) is 70.8 Å². The van der Waals surface area contributed by atoms with Gasteiger partial charge < -0.3 is 45.6 Å². The van der Waals surface area contributed by atoms with E-state index in [-0.39, 0.29) is 43.2 Å². The molecule has 0 bridgehead atoms. The van der Waals surface area contributed by atoms with Crippen LogP contribution in [0.1, 0.15) is 102 Å². The van der Waals surface area contributed by atoms with E-state index in [1.165, 1.54) is 13.0 Å². The molecule has 0 aromatic heterocycles. The van der Waals surface area contributed by atoms with Crippen LogP contribution in [0.4, 0.5) is 8.78 Å². The molecule has 2 amide bonds. The summed E-state index contributed by atoms with van der Waals surface area (Å²) >= 11 is 0. The molecule has 298 valence electrons. The Balaban J connectivity index is 1.38. The average molecular weight is 751 g/mol. The van der Waals surface area contributed by atoms with E-state index in [4.69, 9.17) is 9.47 Å². The largest absolute Gasteiger partial charge is 0.391 e. The number of carbonyl (C=O) groups is 2. The van der Waals surface area contributed by atoms with Crippen molar-refractivity contribution in [2.45, 2.75) is 153 Å². The van der Waals surface area contributed by atoms with Crippen LogP contribution >= 0.6 is 0 Å². The number of rotatable bonds is 21. The van der Waals surface area contributed by atoms with Gasteiger partial charge in [0.2, 0.25) is 11.8 Å². The summed E-state index contributed by atoms with van der Waals surface area (Å²) in [5.41, 5.74) is 2.69.